The second kappa shape index (κ2) is 6.43. The Labute approximate surface area is 132 Å². The zero-order valence-electron chi connectivity index (χ0n) is 12.4. The quantitative estimate of drug-likeness (QED) is 0.858. The minimum Gasteiger partial charge on any atom is -0.347 e. The minimum atomic E-state index is -0.323. The number of hydrogen-bond acceptors (Lipinski definition) is 4. The van der Waals surface area contributed by atoms with Gasteiger partial charge in [-0.2, -0.15) is 0 Å². The summed E-state index contributed by atoms with van der Waals surface area (Å²) < 4.78 is 0. The van der Waals surface area contributed by atoms with Gasteiger partial charge in [-0.05, 0) is 24.6 Å². The van der Waals surface area contributed by atoms with Crippen molar-refractivity contribution in [3.8, 4) is 0 Å². The molecule has 23 heavy (non-hydrogen) atoms. The van der Waals surface area contributed by atoms with E-state index in [1.54, 1.807) is 35.4 Å². The van der Waals surface area contributed by atoms with Crippen LogP contribution in [-0.4, -0.2) is 45.8 Å². The number of nitrogens with zero attached hydrogens (tertiary/aromatic N) is 2. The molecule has 0 unspecified atom stereocenters. The van der Waals surface area contributed by atoms with Crippen molar-refractivity contribution in [1.82, 2.24) is 20.2 Å². The Morgan fingerprint density at radius 2 is 2.17 bits per heavy atom. The molecule has 2 amide bonds. The van der Waals surface area contributed by atoms with Gasteiger partial charge in [0.05, 0.1) is 0 Å². The molecule has 0 spiro atoms. The third-order valence-electron chi connectivity index (χ3n) is 3.73. The summed E-state index contributed by atoms with van der Waals surface area (Å²) in [6.07, 6.45) is 3.69. The summed E-state index contributed by atoms with van der Waals surface area (Å²) in [4.78, 5) is 43.8. The smallest absolute Gasteiger partial charge is 0.272 e. The summed E-state index contributed by atoms with van der Waals surface area (Å²) in [5, 5.41) is 2.85. The van der Waals surface area contributed by atoms with Crippen molar-refractivity contribution in [3.63, 3.8) is 0 Å². The Kier molecular flexibility index (Phi) is 4.18. The first kappa shape index (κ1) is 15.0. The fraction of sp³-hybridized carbons (Fsp3) is 0.250. The van der Waals surface area contributed by atoms with Crippen LogP contribution in [0.3, 0.4) is 0 Å². The van der Waals surface area contributed by atoms with Crippen molar-refractivity contribution in [2.24, 2.45) is 0 Å². The molecule has 2 aromatic heterocycles. The lowest BCUT2D eigenvalue weighted by atomic mass is 10.2. The van der Waals surface area contributed by atoms with Crippen LogP contribution in [0.1, 0.15) is 27.3 Å². The number of aromatic nitrogens is 2. The monoisotopic (exact) mass is 312 g/mol. The summed E-state index contributed by atoms with van der Waals surface area (Å²) in [5.74, 6) is -0.452. The fourth-order valence-corrected chi connectivity index (χ4v) is 2.57. The molecule has 1 aliphatic rings. The van der Waals surface area contributed by atoms with Crippen LogP contribution in [0, 0.1) is 0 Å². The summed E-state index contributed by atoms with van der Waals surface area (Å²) in [5.41, 5.74) is 0.383. The van der Waals surface area contributed by atoms with Crippen LogP contribution in [0.4, 0.5) is 0 Å². The molecule has 3 rings (SSSR count). The fourth-order valence-electron chi connectivity index (χ4n) is 2.57. The number of amides is 2. The van der Waals surface area contributed by atoms with E-state index in [-0.39, 0.29) is 23.4 Å². The first-order valence-electron chi connectivity index (χ1n) is 7.33. The third-order valence-corrected chi connectivity index (χ3v) is 3.73. The summed E-state index contributed by atoms with van der Waals surface area (Å²) in [6, 6.07) is 7.86. The van der Waals surface area contributed by atoms with E-state index in [4.69, 9.17) is 0 Å². The molecular formula is C16H16N4O3. The molecule has 0 saturated carbocycles. The molecule has 1 fully saturated rings. The number of aromatic amines is 1. The molecule has 1 atom stereocenters. The van der Waals surface area contributed by atoms with Crippen molar-refractivity contribution in [2.45, 2.75) is 12.5 Å². The van der Waals surface area contributed by atoms with E-state index in [2.05, 4.69) is 15.3 Å². The third kappa shape index (κ3) is 3.45. The van der Waals surface area contributed by atoms with Crippen LogP contribution in [0.5, 0.6) is 0 Å². The standard InChI is InChI=1S/C16H16N4O3/c21-14-9-11(4-7-18-14)15(22)19-12-5-8-20(10-12)16(23)13-3-1-2-6-17-13/h1-4,6-7,9,12H,5,8,10H2,(H,18,21)(H,19,22)/t12-/m0/s1. The van der Waals surface area contributed by atoms with Crippen LogP contribution < -0.4 is 10.9 Å². The van der Waals surface area contributed by atoms with Crippen LogP contribution in [0.2, 0.25) is 0 Å². The lowest BCUT2D eigenvalue weighted by Crippen LogP contribution is -2.38. The highest BCUT2D eigenvalue weighted by molar-refractivity contribution is 5.95. The van der Waals surface area contributed by atoms with Gasteiger partial charge in [-0.3, -0.25) is 19.4 Å². The first-order chi connectivity index (χ1) is 11.1. The Bertz CT molecular complexity index is 772. The lowest BCUT2D eigenvalue weighted by molar-refractivity contribution is 0.0777. The van der Waals surface area contributed by atoms with Gasteiger partial charge in [-0.25, -0.2) is 0 Å². The first-order valence-corrected chi connectivity index (χ1v) is 7.33. The van der Waals surface area contributed by atoms with E-state index in [0.29, 0.717) is 30.8 Å². The van der Waals surface area contributed by atoms with Crippen LogP contribution in [-0.2, 0) is 0 Å². The van der Waals surface area contributed by atoms with Gasteiger partial charge in [0.1, 0.15) is 5.69 Å². The highest BCUT2D eigenvalue weighted by atomic mass is 16.2. The number of H-pyrrole nitrogens is 1. The highest BCUT2D eigenvalue weighted by Crippen LogP contribution is 2.13. The average molecular weight is 312 g/mol. The maximum Gasteiger partial charge on any atom is 0.272 e. The van der Waals surface area contributed by atoms with E-state index in [9.17, 15) is 14.4 Å². The molecule has 7 nitrogen and oxygen atoms in total. The van der Waals surface area contributed by atoms with E-state index >= 15 is 0 Å². The van der Waals surface area contributed by atoms with Crippen LogP contribution in [0.25, 0.3) is 0 Å². The topological polar surface area (TPSA) is 95.2 Å². The molecule has 1 aliphatic heterocycles. The van der Waals surface area contributed by atoms with Crippen LogP contribution >= 0.6 is 0 Å². The van der Waals surface area contributed by atoms with Crippen molar-refractivity contribution >= 4 is 11.8 Å². The minimum absolute atomic E-state index is 0.130. The summed E-state index contributed by atoms with van der Waals surface area (Å²) in [6.45, 7) is 1.00. The Morgan fingerprint density at radius 1 is 1.30 bits per heavy atom. The molecule has 1 saturated heterocycles. The number of hydrogen-bond donors (Lipinski definition) is 2. The van der Waals surface area contributed by atoms with Gasteiger partial charge >= 0.3 is 0 Å². The number of rotatable bonds is 3. The molecule has 0 aliphatic carbocycles. The van der Waals surface area contributed by atoms with Gasteiger partial charge in [-0.1, -0.05) is 6.07 Å². The molecule has 3 heterocycles. The average Bonchev–Trinajstić information content (AvgIpc) is 3.03. The van der Waals surface area contributed by atoms with Crippen molar-refractivity contribution in [3.05, 3.63) is 64.3 Å². The van der Waals surface area contributed by atoms with Gasteiger partial charge in [-0.15, -0.1) is 0 Å². The van der Waals surface area contributed by atoms with Gasteiger partial charge in [0, 0.05) is 43.2 Å². The Hall–Kier alpha value is -2.96. The zero-order valence-corrected chi connectivity index (χ0v) is 12.4. The molecule has 0 aromatic carbocycles. The number of likely N-dealkylation sites (tertiary alicyclic amines) is 1. The molecule has 0 radical (unpaired) electrons. The van der Waals surface area contributed by atoms with Gasteiger partial charge in [0.2, 0.25) is 5.56 Å². The number of nitrogens with one attached hydrogen (secondary N) is 2. The van der Waals surface area contributed by atoms with Gasteiger partial charge in [0.15, 0.2) is 0 Å². The van der Waals surface area contributed by atoms with E-state index in [1.807, 2.05) is 0 Å². The van der Waals surface area contributed by atoms with Gasteiger partial charge < -0.3 is 15.2 Å². The summed E-state index contributed by atoms with van der Waals surface area (Å²) in [7, 11) is 0. The number of carbonyl (C=O) groups is 2. The van der Waals surface area contributed by atoms with E-state index in [1.165, 1.54) is 12.3 Å². The highest BCUT2D eigenvalue weighted by Gasteiger charge is 2.28. The predicted octanol–water partition coefficient (Wildman–Crippen LogP) is 0.414. The van der Waals surface area contributed by atoms with Crippen molar-refractivity contribution in [2.75, 3.05) is 13.1 Å². The predicted molar refractivity (Wildman–Crippen MR) is 83.1 cm³/mol. The molecule has 2 N–H and O–H groups in total. The Morgan fingerprint density at radius 3 is 2.91 bits per heavy atom. The van der Waals surface area contributed by atoms with Crippen molar-refractivity contribution < 1.29 is 9.59 Å². The maximum atomic E-state index is 12.3. The molecule has 2 aromatic rings. The summed E-state index contributed by atoms with van der Waals surface area (Å²) >= 11 is 0. The molecule has 7 heteroatoms. The number of pyridine rings is 2. The van der Waals surface area contributed by atoms with Crippen molar-refractivity contribution in [1.29, 1.82) is 0 Å². The molecule has 0 bridgehead atoms. The second-order valence-corrected chi connectivity index (χ2v) is 5.37. The lowest BCUT2D eigenvalue weighted by Gasteiger charge is -2.16. The van der Waals surface area contributed by atoms with Gasteiger partial charge in [0.25, 0.3) is 11.8 Å². The SMILES string of the molecule is O=C(N[C@H]1CCN(C(=O)c2ccccn2)C1)c1cc[nH]c(=O)c1. The maximum absolute atomic E-state index is 12.3. The molecular weight excluding hydrogens is 296 g/mol. The number of carbonyl (C=O) groups excluding carboxylic acids is 2. The zero-order chi connectivity index (χ0) is 16.2. The molecule has 118 valence electrons. The normalized spacial score (nSPS) is 17.0. The van der Waals surface area contributed by atoms with E-state index < -0.39 is 0 Å². The van der Waals surface area contributed by atoms with E-state index in [0.717, 1.165) is 0 Å². The largest absolute Gasteiger partial charge is 0.347 e. The second-order valence-electron chi connectivity index (χ2n) is 5.37. The Balaban J connectivity index is 1.61. The van der Waals surface area contributed by atoms with Crippen LogP contribution in [0.15, 0.2) is 47.5 Å².